The van der Waals surface area contributed by atoms with Gasteiger partial charge in [0.05, 0.1) is 6.61 Å². The number of hydrogen-bond donors (Lipinski definition) is 1. The number of nitrogens with one attached hydrogen (secondary N) is 1. The molecule has 2 aliphatic heterocycles. The predicted octanol–water partition coefficient (Wildman–Crippen LogP) is 1.72. The van der Waals surface area contributed by atoms with E-state index in [9.17, 15) is 14.4 Å². The van der Waals surface area contributed by atoms with Crippen LogP contribution in [0.15, 0.2) is 24.3 Å². The third-order valence-electron chi connectivity index (χ3n) is 4.69. The maximum Gasteiger partial charge on any atom is 0.409 e. The van der Waals surface area contributed by atoms with Crippen LogP contribution in [0, 0.1) is 0 Å². The summed E-state index contributed by atoms with van der Waals surface area (Å²) in [5.74, 6) is -0.299. The number of nitrogens with zero attached hydrogens (tertiary/aromatic N) is 2. The van der Waals surface area contributed by atoms with Gasteiger partial charge in [-0.1, -0.05) is 6.07 Å². The molecule has 2 aliphatic rings. The van der Waals surface area contributed by atoms with Gasteiger partial charge >= 0.3 is 6.09 Å². The zero-order valence-electron chi connectivity index (χ0n) is 15.5. The van der Waals surface area contributed by atoms with Crippen molar-refractivity contribution in [3.63, 3.8) is 0 Å². The Balaban J connectivity index is 1.57. The fourth-order valence-electron chi connectivity index (χ4n) is 3.23. The first kappa shape index (κ1) is 19.2. The van der Waals surface area contributed by atoms with Gasteiger partial charge in [0.25, 0.3) is 11.8 Å². The van der Waals surface area contributed by atoms with Crippen molar-refractivity contribution in [3.8, 4) is 0 Å². The van der Waals surface area contributed by atoms with Gasteiger partial charge in [-0.15, -0.1) is 0 Å². The summed E-state index contributed by atoms with van der Waals surface area (Å²) in [4.78, 5) is 40.0. The summed E-state index contributed by atoms with van der Waals surface area (Å²) in [7, 11) is 0. The summed E-state index contributed by atoms with van der Waals surface area (Å²) in [5.41, 5.74) is 1.08. The summed E-state index contributed by atoms with van der Waals surface area (Å²) >= 11 is 0. The van der Waals surface area contributed by atoms with Crippen LogP contribution >= 0.6 is 0 Å². The quantitative estimate of drug-likeness (QED) is 0.866. The van der Waals surface area contributed by atoms with Gasteiger partial charge in [-0.3, -0.25) is 9.59 Å². The zero-order chi connectivity index (χ0) is 19.2. The van der Waals surface area contributed by atoms with Crippen molar-refractivity contribution in [1.82, 2.24) is 9.80 Å². The van der Waals surface area contributed by atoms with Crippen molar-refractivity contribution < 1.29 is 23.9 Å². The van der Waals surface area contributed by atoms with Gasteiger partial charge in [0.15, 0.2) is 0 Å². The first-order valence-corrected chi connectivity index (χ1v) is 9.32. The topological polar surface area (TPSA) is 88.2 Å². The summed E-state index contributed by atoms with van der Waals surface area (Å²) in [5, 5.41) is 2.81. The van der Waals surface area contributed by atoms with Gasteiger partial charge in [0.2, 0.25) is 0 Å². The maximum absolute atomic E-state index is 12.8. The highest BCUT2D eigenvalue weighted by molar-refractivity contribution is 5.98. The molecule has 146 valence electrons. The standard InChI is InChI=1S/C19H25N3O5/c1-2-26-19(25)22-10-8-21(9-11-22)18(24)14-5-3-6-15(13-14)20-17(23)16-7-4-12-27-16/h3,5-6,13,16H,2,4,7-12H2,1H3,(H,20,23)/t16-/m0/s1. The van der Waals surface area contributed by atoms with Gasteiger partial charge in [0, 0.05) is 44.0 Å². The number of ether oxygens (including phenoxy) is 2. The van der Waals surface area contributed by atoms with E-state index in [-0.39, 0.29) is 17.9 Å². The number of hydrogen-bond acceptors (Lipinski definition) is 5. The van der Waals surface area contributed by atoms with Crippen LogP contribution in [0.1, 0.15) is 30.1 Å². The Kier molecular flexibility index (Phi) is 6.28. The van der Waals surface area contributed by atoms with E-state index < -0.39 is 6.10 Å². The number of carbonyl (C=O) groups is 3. The molecule has 2 saturated heterocycles. The highest BCUT2D eigenvalue weighted by Gasteiger charge is 2.26. The van der Waals surface area contributed by atoms with Crippen LogP contribution in [0.3, 0.4) is 0 Å². The lowest BCUT2D eigenvalue weighted by Crippen LogP contribution is -2.50. The molecule has 1 aromatic rings. The van der Waals surface area contributed by atoms with Crippen molar-refractivity contribution >= 4 is 23.6 Å². The minimum atomic E-state index is -0.416. The lowest BCUT2D eigenvalue weighted by atomic mass is 10.1. The molecule has 2 heterocycles. The monoisotopic (exact) mass is 375 g/mol. The Bertz CT molecular complexity index is 694. The Morgan fingerprint density at radius 2 is 1.93 bits per heavy atom. The van der Waals surface area contributed by atoms with Gasteiger partial charge in [-0.25, -0.2) is 4.79 Å². The predicted molar refractivity (Wildman–Crippen MR) is 98.5 cm³/mol. The first-order valence-electron chi connectivity index (χ1n) is 9.32. The van der Waals surface area contributed by atoms with Crippen LogP contribution in [0.4, 0.5) is 10.5 Å². The van der Waals surface area contributed by atoms with Gasteiger partial charge in [-0.2, -0.15) is 0 Å². The number of anilines is 1. The second-order valence-electron chi connectivity index (χ2n) is 6.55. The average Bonchev–Trinajstić information content (AvgIpc) is 3.23. The molecule has 0 bridgehead atoms. The molecular formula is C19H25N3O5. The molecule has 2 fully saturated rings. The van der Waals surface area contributed by atoms with Crippen LogP contribution in [0.25, 0.3) is 0 Å². The number of piperazine rings is 1. The van der Waals surface area contributed by atoms with Crippen LogP contribution < -0.4 is 5.32 Å². The summed E-state index contributed by atoms with van der Waals surface area (Å²) in [6.45, 7) is 4.49. The smallest absolute Gasteiger partial charge is 0.409 e. The summed E-state index contributed by atoms with van der Waals surface area (Å²) < 4.78 is 10.4. The fourth-order valence-corrected chi connectivity index (χ4v) is 3.23. The van der Waals surface area contributed by atoms with Crippen LogP contribution in [0.5, 0.6) is 0 Å². The largest absolute Gasteiger partial charge is 0.450 e. The van der Waals surface area contributed by atoms with Gasteiger partial charge in [-0.05, 0) is 38.0 Å². The molecule has 0 spiro atoms. The molecule has 0 saturated carbocycles. The first-order chi connectivity index (χ1) is 13.1. The van der Waals surface area contributed by atoms with E-state index >= 15 is 0 Å². The maximum atomic E-state index is 12.8. The molecule has 0 aliphatic carbocycles. The fraction of sp³-hybridized carbons (Fsp3) is 0.526. The highest BCUT2D eigenvalue weighted by atomic mass is 16.6. The number of carbonyl (C=O) groups excluding carboxylic acids is 3. The van der Waals surface area contributed by atoms with Crippen molar-refractivity contribution in [2.45, 2.75) is 25.9 Å². The Labute approximate surface area is 158 Å². The molecule has 1 atom stereocenters. The van der Waals surface area contributed by atoms with E-state index in [0.717, 1.165) is 12.8 Å². The van der Waals surface area contributed by atoms with Crippen molar-refractivity contribution in [2.75, 3.05) is 44.7 Å². The molecule has 3 amide bonds. The van der Waals surface area contributed by atoms with E-state index in [4.69, 9.17) is 9.47 Å². The molecule has 0 aromatic heterocycles. The second-order valence-corrected chi connectivity index (χ2v) is 6.55. The van der Waals surface area contributed by atoms with Crippen molar-refractivity contribution in [1.29, 1.82) is 0 Å². The third-order valence-corrected chi connectivity index (χ3v) is 4.69. The molecule has 8 heteroatoms. The average molecular weight is 375 g/mol. The SMILES string of the molecule is CCOC(=O)N1CCN(C(=O)c2cccc(NC(=O)[C@@H]3CCCO3)c2)CC1. The van der Waals surface area contributed by atoms with Crippen LogP contribution in [-0.2, 0) is 14.3 Å². The second kappa shape index (κ2) is 8.85. The van der Waals surface area contributed by atoms with E-state index in [2.05, 4.69) is 5.32 Å². The zero-order valence-corrected chi connectivity index (χ0v) is 15.5. The Morgan fingerprint density at radius 1 is 1.19 bits per heavy atom. The van der Waals surface area contributed by atoms with Crippen LogP contribution in [-0.4, -0.2) is 73.2 Å². The number of amides is 3. The highest BCUT2D eigenvalue weighted by Crippen LogP contribution is 2.18. The lowest BCUT2D eigenvalue weighted by Gasteiger charge is -2.34. The lowest BCUT2D eigenvalue weighted by molar-refractivity contribution is -0.124. The van der Waals surface area contributed by atoms with Gasteiger partial charge < -0.3 is 24.6 Å². The number of benzene rings is 1. The van der Waals surface area contributed by atoms with Gasteiger partial charge in [0.1, 0.15) is 6.10 Å². The molecule has 0 radical (unpaired) electrons. The van der Waals surface area contributed by atoms with E-state index in [1.54, 1.807) is 41.0 Å². The minimum Gasteiger partial charge on any atom is -0.450 e. The van der Waals surface area contributed by atoms with Crippen LogP contribution in [0.2, 0.25) is 0 Å². The van der Waals surface area contributed by atoms with Crippen molar-refractivity contribution in [3.05, 3.63) is 29.8 Å². The third kappa shape index (κ3) is 4.77. The van der Waals surface area contributed by atoms with E-state index in [1.165, 1.54) is 0 Å². The number of rotatable bonds is 4. The summed E-state index contributed by atoms with van der Waals surface area (Å²) in [6.07, 6.45) is 0.840. The van der Waals surface area contributed by atoms with E-state index in [1.807, 2.05) is 0 Å². The molecule has 1 aromatic carbocycles. The molecule has 27 heavy (non-hydrogen) atoms. The molecule has 1 N–H and O–H groups in total. The molecule has 3 rings (SSSR count). The Hall–Kier alpha value is -2.61. The normalized spacial score (nSPS) is 19.7. The van der Waals surface area contributed by atoms with E-state index in [0.29, 0.717) is 50.6 Å². The van der Waals surface area contributed by atoms with Crippen molar-refractivity contribution in [2.24, 2.45) is 0 Å². The molecule has 0 unspecified atom stereocenters. The minimum absolute atomic E-state index is 0.119. The summed E-state index contributed by atoms with van der Waals surface area (Å²) in [6, 6.07) is 6.89. The molecular weight excluding hydrogens is 350 g/mol. The molecule has 8 nitrogen and oxygen atoms in total. The Morgan fingerprint density at radius 3 is 2.59 bits per heavy atom.